The maximum atomic E-state index is 13.4. The van der Waals surface area contributed by atoms with Crippen molar-refractivity contribution in [3.63, 3.8) is 0 Å². The average Bonchev–Trinajstić information content (AvgIpc) is 3.75. The third-order valence-electron chi connectivity index (χ3n) is 9.23. The quantitative estimate of drug-likeness (QED) is 0.289. The van der Waals surface area contributed by atoms with Gasteiger partial charge in [-0.1, -0.05) is 13.0 Å². The lowest BCUT2D eigenvalue weighted by Crippen LogP contribution is -2.36. The second-order valence-corrected chi connectivity index (χ2v) is 12.5. The van der Waals surface area contributed by atoms with Gasteiger partial charge in [0, 0.05) is 51.1 Å². The van der Waals surface area contributed by atoms with E-state index in [0.29, 0.717) is 62.0 Å². The number of rotatable bonds is 11. The molecule has 46 heavy (non-hydrogen) atoms. The Labute approximate surface area is 269 Å². The molecule has 1 saturated carbocycles. The molecule has 4 heterocycles. The first kappa shape index (κ1) is 32.1. The topological polar surface area (TPSA) is 141 Å². The minimum absolute atomic E-state index is 0.0128. The maximum absolute atomic E-state index is 13.4. The number of morpholine rings is 1. The van der Waals surface area contributed by atoms with Gasteiger partial charge in [-0.05, 0) is 74.6 Å². The molecule has 0 bridgehead atoms. The van der Waals surface area contributed by atoms with Crippen LogP contribution in [0.3, 0.4) is 0 Å². The second-order valence-electron chi connectivity index (χ2n) is 12.5. The van der Waals surface area contributed by atoms with Crippen LogP contribution in [0.15, 0.2) is 47.3 Å². The van der Waals surface area contributed by atoms with Gasteiger partial charge in [0.25, 0.3) is 11.8 Å². The van der Waals surface area contributed by atoms with Crippen molar-refractivity contribution in [2.24, 2.45) is 5.92 Å². The first-order valence-electron chi connectivity index (χ1n) is 16.5. The number of ether oxygens (including phenoxy) is 3. The Hall–Kier alpha value is -3.87. The molecule has 2 aliphatic heterocycles. The zero-order valence-electron chi connectivity index (χ0n) is 26.5. The van der Waals surface area contributed by atoms with Gasteiger partial charge in [0.15, 0.2) is 11.6 Å². The largest absolute Gasteiger partial charge is 0.460 e. The number of anilines is 1. The summed E-state index contributed by atoms with van der Waals surface area (Å²) in [6, 6.07) is 7.79. The van der Waals surface area contributed by atoms with Crippen LogP contribution in [-0.2, 0) is 16.0 Å². The molecule has 0 spiro atoms. The lowest BCUT2D eigenvalue weighted by atomic mass is 9.87. The van der Waals surface area contributed by atoms with E-state index in [1.165, 1.54) is 6.26 Å². The Bertz CT molecular complexity index is 1440. The fourth-order valence-corrected chi connectivity index (χ4v) is 6.51. The summed E-state index contributed by atoms with van der Waals surface area (Å²) in [5.41, 5.74) is 2.01. The van der Waals surface area contributed by atoms with E-state index >= 15 is 0 Å². The van der Waals surface area contributed by atoms with Crippen LogP contribution in [0.5, 0.6) is 6.01 Å². The Balaban J connectivity index is 1.10. The molecule has 6 rings (SSSR count). The number of benzene rings is 1. The Kier molecular flexibility index (Phi) is 10.9. The van der Waals surface area contributed by atoms with E-state index in [2.05, 4.69) is 37.4 Å². The van der Waals surface area contributed by atoms with Gasteiger partial charge in [0.1, 0.15) is 12.4 Å². The summed E-state index contributed by atoms with van der Waals surface area (Å²) < 4.78 is 23.0. The third kappa shape index (κ3) is 8.48. The molecule has 3 fully saturated rings. The van der Waals surface area contributed by atoms with Crippen molar-refractivity contribution in [3.05, 3.63) is 65.6 Å². The normalized spacial score (nSPS) is 22.9. The van der Waals surface area contributed by atoms with E-state index in [1.807, 2.05) is 12.1 Å². The van der Waals surface area contributed by atoms with Crippen molar-refractivity contribution in [1.29, 1.82) is 0 Å². The Morgan fingerprint density at radius 3 is 2.67 bits per heavy atom. The number of oxazole rings is 1. The molecule has 3 aliphatic rings. The van der Waals surface area contributed by atoms with Crippen molar-refractivity contribution >= 4 is 17.5 Å². The van der Waals surface area contributed by atoms with E-state index in [0.717, 1.165) is 63.6 Å². The van der Waals surface area contributed by atoms with E-state index < -0.39 is 5.91 Å². The minimum atomic E-state index is -0.423. The maximum Gasteiger partial charge on any atom is 0.316 e. The van der Waals surface area contributed by atoms with Crippen LogP contribution >= 0.6 is 0 Å². The average molecular weight is 633 g/mol. The highest BCUT2D eigenvalue weighted by atomic mass is 16.5. The highest BCUT2D eigenvalue weighted by Gasteiger charge is 2.29. The van der Waals surface area contributed by atoms with Crippen molar-refractivity contribution in [3.8, 4) is 6.01 Å². The van der Waals surface area contributed by atoms with Gasteiger partial charge in [-0.2, -0.15) is 0 Å². The van der Waals surface area contributed by atoms with Crippen molar-refractivity contribution in [1.82, 2.24) is 25.2 Å². The van der Waals surface area contributed by atoms with Crippen LogP contribution < -0.4 is 15.4 Å². The first-order chi connectivity index (χ1) is 22.5. The fourth-order valence-electron chi connectivity index (χ4n) is 6.51. The Morgan fingerprint density at radius 2 is 1.87 bits per heavy atom. The van der Waals surface area contributed by atoms with Crippen LogP contribution in [0.25, 0.3) is 0 Å². The number of nitrogens with one attached hydrogen (secondary N) is 2. The summed E-state index contributed by atoms with van der Waals surface area (Å²) >= 11 is 0. The molecule has 12 nitrogen and oxygen atoms in total. The van der Waals surface area contributed by atoms with Crippen LogP contribution in [0.2, 0.25) is 0 Å². The number of hydrogen-bond acceptors (Lipinski definition) is 10. The standard InChI is InChI=1S/C34H44N6O6/c1-23(25-5-2-6-26(10-9-25)46-34-35-12-4-13-36-34)33-39-30(22-45-33)32(42)38-29-11-8-24(21-40-14-17-43-18-15-40)19-28(29)31(41)37-20-27-7-3-16-44-27/h4,8,11-13,19,22-23,25-27H,2-3,5-7,9-10,14-18,20-21H2,1H3,(H,37,41)(H,38,42). The molecule has 4 atom stereocenters. The number of hydrogen-bond donors (Lipinski definition) is 2. The van der Waals surface area contributed by atoms with Crippen molar-refractivity contribution < 1.29 is 28.2 Å². The SMILES string of the molecule is CC(c1nc(C(=O)Nc2ccc(CN3CCOCC3)cc2C(=O)NCC2CCCO2)co1)C1CCCC(Oc2ncccn2)CC1. The smallest absolute Gasteiger partial charge is 0.316 e. The number of carbonyl (C=O) groups is 2. The zero-order chi connectivity index (χ0) is 31.7. The molecular weight excluding hydrogens is 588 g/mol. The highest BCUT2D eigenvalue weighted by Crippen LogP contribution is 2.35. The fraction of sp³-hybridized carbons (Fsp3) is 0.559. The van der Waals surface area contributed by atoms with Crippen LogP contribution in [0, 0.1) is 5.92 Å². The van der Waals surface area contributed by atoms with Gasteiger partial charge in [-0.15, -0.1) is 0 Å². The molecule has 4 unspecified atom stereocenters. The first-order valence-corrected chi connectivity index (χ1v) is 16.5. The molecule has 1 aromatic carbocycles. The summed E-state index contributed by atoms with van der Waals surface area (Å²) in [5.74, 6) is 0.244. The van der Waals surface area contributed by atoms with E-state index in [9.17, 15) is 9.59 Å². The summed E-state index contributed by atoms with van der Waals surface area (Å²) in [6.07, 6.45) is 11.6. The summed E-state index contributed by atoms with van der Waals surface area (Å²) in [6.45, 7) is 7.01. The molecule has 0 radical (unpaired) electrons. The number of aromatic nitrogens is 3. The predicted molar refractivity (Wildman–Crippen MR) is 170 cm³/mol. The molecule has 1 aliphatic carbocycles. The highest BCUT2D eigenvalue weighted by molar-refractivity contribution is 6.08. The van der Waals surface area contributed by atoms with Gasteiger partial charge >= 0.3 is 6.01 Å². The molecular formula is C34H44N6O6. The van der Waals surface area contributed by atoms with Gasteiger partial charge in [0.05, 0.1) is 30.6 Å². The molecule has 2 amide bonds. The van der Waals surface area contributed by atoms with E-state index in [1.54, 1.807) is 24.5 Å². The van der Waals surface area contributed by atoms with Crippen LogP contribution in [0.4, 0.5) is 5.69 Å². The molecule has 12 heteroatoms. The van der Waals surface area contributed by atoms with Gasteiger partial charge < -0.3 is 29.3 Å². The van der Waals surface area contributed by atoms with E-state index in [-0.39, 0.29) is 29.7 Å². The predicted octanol–water partition coefficient (Wildman–Crippen LogP) is 4.59. The summed E-state index contributed by atoms with van der Waals surface area (Å²) in [4.78, 5) is 42.1. The Morgan fingerprint density at radius 1 is 1.02 bits per heavy atom. The van der Waals surface area contributed by atoms with Gasteiger partial charge in [-0.25, -0.2) is 15.0 Å². The molecule has 246 valence electrons. The monoisotopic (exact) mass is 632 g/mol. The van der Waals surface area contributed by atoms with Gasteiger partial charge in [-0.3, -0.25) is 14.5 Å². The number of carbonyl (C=O) groups excluding carboxylic acids is 2. The van der Waals surface area contributed by atoms with Crippen molar-refractivity contribution in [2.45, 2.75) is 76.5 Å². The molecule has 2 saturated heterocycles. The minimum Gasteiger partial charge on any atom is -0.460 e. The second kappa shape index (κ2) is 15.6. The third-order valence-corrected chi connectivity index (χ3v) is 9.23. The van der Waals surface area contributed by atoms with Gasteiger partial charge in [0.2, 0.25) is 0 Å². The summed E-state index contributed by atoms with van der Waals surface area (Å²) in [7, 11) is 0. The van der Waals surface area contributed by atoms with E-state index in [4.69, 9.17) is 18.6 Å². The number of amides is 2. The molecule has 3 aromatic rings. The number of nitrogens with zero attached hydrogens (tertiary/aromatic N) is 4. The van der Waals surface area contributed by atoms with Crippen molar-refractivity contribution in [2.75, 3.05) is 44.8 Å². The molecule has 2 aromatic heterocycles. The van der Waals surface area contributed by atoms with Crippen LogP contribution in [-0.4, -0.2) is 83.3 Å². The molecule has 2 N–H and O–H groups in total. The summed E-state index contributed by atoms with van der Waals surface area (Å²) in [5, 5.41) is 5.93. The zero-order valence-corrected chi connectivity index (χ0v) is 26.5. The van der Waals surface area contributed by atoms with Crippen LogP contribution in [0.1, 0.15) is 90.1 Å². The lowest BCUT2D eigenvalue weighted by molar-refractivity contribution is 0.0342. The lowest BCUT2D eigenvalue weighted by Gasteiger charge is -2.27.